The van der Waals surface area contributed by atoms with Gasteiger partial charge < -0.3 is 25.3 Å². The predicted octanol–water partition coefficient (Wildman–Crippen LogP) is -1.16. The smallest absolute Gasteiger partial charge is 0.337 e. The second-order valence-corrected chi connectivity index (χ2v) is 5.46. The molecule has 8 heteroatoms. The van der Waals surface area contributed by atoms with E-state index >= 15 is 0 Å². The maximum atomic E-state index is 11.9. The van der Waals surface area contributed by atoms with Gasteiger partial charge in [-0.3, -0.25) is 4.79 Å². The van der Waals surface area contributed by atoms with Gasteiger partial charge in [0.25, 0.3) is 0 Å². The number of fused-ring (bicyclic) bond motifs is 1. The number of carboxylic acid groups (broad SMARTS) is 1. The number of piperazine rings is 1. The van der Waals surface area contributed by atoms with Crippen molar-refractivity contribution in [1.29, 1.82) is 0 Å². The van der Waals surface area contributed by atoms with Gasteiger partial charge in [0.05, 0.1) is 6.54 Å². The molecule has 112 valence electrons. The number of aliphatic hydroxyl groups is 1. The average Bonchev–Trinajstić information content (AvgIpc) is 2.77. The lowest BCUT2D eigenvalue weighted by Gasteiger charge is -2.37. The Kier molecular flexibility index (Phi) is 3.85. The summed E-state index contributed by atoms with van der Waals surface area (Å²) >= 11 is 0. The van der Waals surface area contributed by atoms with Crippen LogP contribution in [-0.2, 0) is 9.59 Å². The molecule has 0 spiro atoms. The minimum absolute atomic E-state index is 0.0574. The fraction of sp³-hybridized carbons (Fsp3) is 0.750. The molecule has 0 aromatic heterocycles. The topological polar surface area (TPSA) is 110 Å². The van der Waals surface area contributed by atoms with E-state index in [2.05, 4.69) is 5.32 Å². The molecule has 0 saturated carbocycles. The Morgan fingerprint density at radius 3 is 2.80 bits per heavy atom. The predicted molar refractivity (Wildman–Crippen MR) is 68.0 cm³/mol. The Bertz CT molecular complexity index is 437. The van der Waals surface area contributed by atoms with Crippen LogP contribution in [0.25, 0.3) is 0 Å². The molecule has 3 N–H and O–H groups in total. The third-order valence-electron chi connectivity index (χ3n) is 3.83. The quantitative estimate of drug-likeness (QED) is 0.606. The molecule has 20 heavy (non-hydrogen) atoms. The number of carboxylic acids is 1. The summed E-state index contributed by atoms with van der Waals surface area (Å²) in [6.45, 7) is 2.15. The molecular formula is C12H19N3O5. The third kappa shape index (κ3) is 2.84. The molecule has 2 saturated heterocycles. The number of carbonyl (C=O) groups is 3. The second kappa shape index (κ2) is 5.28. The highest BCUT2D eigenvalue weighted by atomic mass is 16.4. The van der Waals surface area contributed by atoms with Crippen LogP contribution in [0.3, 0.4) is 0 Å². The van der Waals surface area contributed by atoms with Crippen LogP contribution in [0.4, 0.5) is 4.79 Å². The molecule has 2 rings (SSSR count). The summed E-state index contributed by atoms with van der Waals surface area (Å²) < 4.78 is 0. The molecule has 2 aliphatic heterocycles. The number of nitrogens with one attached hydrogen (secondary N) is 1. The summed E-state index contributed by atoms with van der Waals surface area (Å²) in [5.41, 5.74) is -1.99. The summed E-state index contributed by atoms with van der Waals surface area (Å²) in [7, 11) is 0. The van der Waals surface area contributed by atoms with Crippen LogP contribution in [0.15, 0.2) is 0 Å². The average molecular weight is 285 g/mol. The number of hydrogen-bond acceptors (Lipinski definition) is 4. The largest absolute Gasteiger partial charge is 0.479 e. The molecule has 2 fully saturated rings. The maximum Gasteiger partial charge on any atom is 0.337 e. The van der Waals surface area contributed by atoms with Crippen molar-refractivity contribution in [1.82, 2.24) is 15.1 Å². The number of rotatable bonds is 3. The van der Waals surface area contributed by atoms with Crippen molar-refractivity contribution in [3.8, 4) is 0 Å². The zero-order valence-corrected chi connectivity index (χ0v) is 11.3. The number of urea groups is 1. The normalized spacial score (nSPS) is 25.1. The van der Waals surface area contributed by atoms with E-state index in [9.17, 15) is 19.5 Å². The van der Waals surface area contributed by atoms with E-state index in [0.717, 1.165) is 13.3 Å². The van der Waals surface area contributed by atoms with Crippen LogP contribution in [0.1, 0.15) is 19.8 Å². The van der Waals surface area contributed by atoms with E-state index in [1.807, 2.05) is 0 Å². The Balaban J connectivity index is 1.85. The fourth-order valence-electron chi connectivity index (χ4n) is 2.48. The molecule has 2 unspecified atom stereocenters. The van der Waals surface area contributed by atoms with Crippen molar-refractivity contribution in [2.45, 2.75) is 31.4 Å². The number of nitrogens with zero attached hydrogens (tertiary/aromatic N) is 2. The van der Waals surface area contributed by atoms with Gasteiger partial charge in [-0.1, -0.05) is 0 Å². The van der Waals surface area contributed by atoms with Gasteiger partial charge in [-0.15, -0.1) is 0 Å². The molecule has 8 nitrogen and oxygen atoms in total. The molecule has 0 radical (unpaired) electrons. The standard InChI is InChI=1S/C12H19N3O5/c1-12(20,10(17)18)7-13-11(19)14-4-5-15-8(6-14)2-3-9(15)16/h8,20H,2-7H2,1H3,(H,13,19)(H,17,18). The molecule has 0 aromatic rings. The first kappa shape index (κ1) is 14.6. The van der Waals surface area contributed by atoms with Gasteiger partial charge in [-0.2, -0.15) is 0 Å². The highest BCUT2D eigenvalue weighted by Gasteiger charge is 2.37. The number of aliphatic carboxylic acids is 1. The first-order valence-corrected chi connectivity index (χ1v) is 6.59. The Morgan fingerprint density at radius 1 is 1.45 bits per heavy atom. The minimum atomic E-state index is -1.99. The number of amides is 3. The fourth-order valence-corrected chi connectivity index (χ4v) is 2.48. The summed E-state index contributed by atoms with van der Waals surface area (Å²) in [6.07, 6.45) is 1.27. The SMILES string of the molecule is CC(O)(CNC(=O)N1CCN2C(=O)CCC2C1)C(=O)O. The lowest BCUT2D eigenvalue weighted by molar-refractivity contribution is -0.155. The van der Waals surface area contributed by atoms with Gasteiger partial charge in [0.15, 0.2) is 5.60 Å². The lowest BCUT2D eigenvalue weighted by Crippen LogP contribution is -2.57. The van der Waals surface area contributed by atoms with Gasteiger partial charge in [0.1, 0.15) is 0 Å². The van der Waals surface area contributed by atoms with Crippen LogP contribution in [0, 0.1) is 0 Å². The first-order valence-electron chi connectivity index (χ1n) is 6.59. The zero-order valence-electron chi connectivity index (χ0n) is 11.3. The van der Waals surface area contributed by atoms with Gasteiger partial charge in [-0.25, -0.2) is 9.59 Å². The summed E-state index contributed by atoms with van der Waals surface area (Å²) in [5, 5.41) is 20.7. The van der Waals surface area contributed by atoms with Crippen molar-refractivity contribution < 1.29 is 24.6 Å². The lowest BCUT2D eigenvalue weighted by atomic mass is 10.1. The third-order valence-corrected chi connectivity index (χ3v) is 3.83. The highest BCUT2D eigenvalue weighted by molar-refractivity contribution is 5.81. The highest BCUT2D eigenvalue weighted by Crippen LogP contribution is 2.22. The van der Waals surface area contributed by atoms with Crippen LogP contribution in [0.5, 0.6) is 0 Å². The summed E-state index contributed by atoms with van der Waals surface area (Å²) in [6, 6.07) is -0.354. The molecule has 0 aromatic carbocycles. The van der Waals surface area contributed by atoms with Crippen LogP contribution in [-0.4, -0.2) is 75.7 Å². The van der Waals surface area contributed by atoms with Crippen molar-refractivity contribution in [3.63, 3.8) is 0 Å². The second-order valence-electron chi connectivity index (χ2n) is 5.46. The van der Waals surface area contributed by atoms with Gasteiger partial charge in [0, 0.05) is 32.1 Å². The Hall–Kier alpha value is -1.83. The van der Waals surface area contributed by atoms with E-state index in [-0.39, 0.29) is 18.5 Å². The molecule has 2 atom stereocenters. The van der Waals surface area contributed by atoms with Gasteiger partial charge in [-0.05, 0) is 13.3 Å². The maximum absolute atomic E-state index is 11.9. The number of hydrogen-bond donors (Lipinski definition) is 3. The van der Waals surface area contributed by atoms with E-state index in [1.54, 1.807) is 9.80 Å². The molecule has 2 heterocycles. The van der Waals surface area contributed by atoms with Crippen LogP contribution < -0.4 is 5.32 Å². The molecule has 3 amide bonds. The van der Waals surface area contributed by atoms with Crippen molar-refractivity contribution in [3.05, 3.63) is 0 Å². The van der Waals surface area contributed by atoms with E-state index in [0.29, 0.717) is 26.1 Å². The summed E-state index contributed by atoms with van der Waals surface area (Å²) in [4.78, 5) is 37.5. The van der Waals surface area contributed by atoms with E-state index < -0.39 is 17.6 Å². The van der Waals surface area contributed by atoms with Gasteiger partial charge in [0.2, 0.25) is 5.91 Å². The van der Waals surface area contributed by atoms with Crippen LogP contribution in [0.2, 0.25) is 0 Å². The molecule has 0 aliphatic carbocycles. The summed E-state index contributed by atoms with van der Waals surface area (Å²) in [5.74, 6) is -1.26. The first-order chi connectivity index (χ1) is 9.31. The van der Waals surface area contributed by atoms with E-state index in [4.69, 9.17) is 5.11 Å². The molecular weight excluding hydrogens is 266 g/mol. The monoisotopic (exact) mass is 285 g/mol. The Labute approximate surface area is 116 Å². The Morgan fingerprint density at radius 2 is 2.15 bits per heavy atom. The minimum Gasteiger partial charge on any atom is -0.479 e. The van der Waals surface area contributed by atoms with Crippen LogP contribution >= 0.6 is 0 Å². The van der Waals surface area contributed by atoms with Gasteiger partial charge >= 0.3 is 12.0 Å². The van der Waals surface area contributed by atoms with Crippen molar-refractivity contribution in [2.24, 2.45) is 0 Å². The van der Waals surface area contributed by atoms with Crippen molar-refractivity contribution in [2.75, 3.05) is 26.2 Å². The zero-order chi connectivity index (χ0) is 14.9. The molecule has 0 bridgehead atoms. The van der Waals surface area contributed by atoms with Crippen molar-refractivity contribution >= 4 is 17.9 Å². The molecule has 2 aliphatic rings. The van der Waals surface area contributed by atoms with E-state index in [1.165, 1.54) is 0 Å². The number of carbonyl (C=O) groups excluding carboxylic acids is 2.